The van der Waals surface area contributed by atoms with E-state index in [4.69, 9.17) is 21.4 Å². The molecule has 0 aliphatic heterocycles. The zero-order chi connectivity index (χ0) is 25.7. The monoisotopic (exact) mass is 503 g/mol. The lowest BCUT2D eigenvalue weighted by atomic mass is 9.98. The summed E-state index contributed by atoms with van der Waals surface area (Å²) >= 11 is 5.88. The second-order valence-corrected chi connectivity index (χ2v) is 8.84. The number of carboxylic acid groups (broad SMARTS) is 1. The van der Waals surface area contributed by atoms with Crippen LogP contribution in [0.2, 0.25) is 5.02 Å². The smallest absolute Gasteiger partial charge is 0.407 e. The predicted molar refractivity (Wildman–Crippen MR) is 139 cm³/mol. The fourth-order valence-electron chi connectivity index (χ4n) is 4.27. The lowest BCUT2D eigenvalue weighted by Gasteiger charge is -2.14. The van der Waals surface area contributed by atoms with Gasteiger partial charge < -0.3 is 15.2 Å². The summed E-state index contributed by atoms with van der Waals surface area (Å²) in [7, 11) is 1.91. The molecule has 0 saturated heterocycles. The van der Waals surface area contributed by atoms with Gasteiger partial charge in [0.05, 0.1) is 5.69 Å². The van der Waals surface area contributed by atoms with E-state index in [0.29, 0.717) is 0 Å². The maximum absolute atomic E-state index is 11.5. The van der Waals surface area contributed by atoms with Crippen LogP contribution in [0.15, 0.2) is 79.0 Å². The molecule has 3 aromatic carbocycles. The molecule has 5 rings (SSSR count). The highest BCUT2D eigenvalue weighted by Gasteiger charge is 2.28. The summed E-state index contributed by atoms with van der Waals surface area (Å²) in [5, 5.41) is 15.8. The first-order chi connectivity index (χ1) is 17.3. The van der Waals surface area contributed by atoms with Crippen LogP contribution in [0.4, 0.5) is 4.79 Å². The van der Waals surface area contributed by atoms with E-state index in [1.165, 1.54) is 0 Å². The van der Waals surface area contributed by atoms with E-state index >= 15 is 0 Å². The van der Waals surface area contributed by atoms with Gasteiger partial charge in [0.2, 0.25) is 0 Å². The Morgan fingerprint density at radius 2 is 1.64 bits per heavy atom. The minimum Gasteiger partial charge on any atom is -0.480 e. The number of nitrogens with one attached hydrogen (secondary N) is 1. The van der Waals surface area contributed by atoms with Gasteiger partial charge in [0.15, 0.2) is 0 Å². The van der Waals surface area contributed by atoms with Crippen molar-refractivity contribution in [2.45, 2.75) is 12.8 Å². The molecular formula is C28H26ClN3O4. The van der Waals surface area contributed by atoms with E-state index < -0.39 is 18.6 Å². The lowest BCUT2D eigenvalue weighted by molar-refractivity contribution is -0.135. The molecule has 2 N–H and O–H groups in total. The van der Waals surface area contributed by atoms with E-state index in [1.54, 1.807) is 4.68 Å². The highest BCUT2D eigenvalue weighted by Crippen LogP contribution is 2.44. The summed E-state index contributed by atoms with van der Waals surface area (Å²) in [5.41, 5.74) is 7.81. The van der Waals surface area contributed by atoms with Crippen LogP contribution in [-0.4, -0.2) is 40.1 Å². The zero-order valence-corrected chi connectivity index (χ0v) is 20.7. The van der Waals surface area contributed by atoms with Crippen molar-refractivity contribution in [3.05, 3.63) is 101 Å². The molecule has 184 valence electrons. The first-order valence-corrected chi connectivity index (χ1v) is 11.8. The summed E-state index contributed by atoms with van der Waals surface area (Å²) in [5.74, 6) is -1.13. The molecule has 36 heavy (non-hydrogen) atoms. The normalized spacial score (nSPS) is 11.6. The Morgan fingerprint density at radius 3 is 2.19 bits per heavy atom. The number of ether oxygens (including phenoxy) is 1. The number of benzene rings is 3. The van der Waals surface area contributed by atoms with Crippen LogP contribution in [0.25, 0.3) is 22.4 Å². The second-order valence-electron chi connectivity index (χ2n) is 8.41. The van der Waals surface area contributed by atoms with Gasteiger partial charge >= 0.3 is 12.1 Å². The van der Waals surface area contributed by atoms with E-state index in [1.807, 2.05) is 80.8 Å². The molecule has 0 saturated carbocycles. The molecule has 4 aromatic rings. The Balaban J connectivity index is 0.000000187. The molecular weight excluding hydrogens is 478 g/mol. The molecule has 0 atom stereocenters. The number of fused-ring (bicyclic) bond motifs is 3. The fourth-order valence-corrected chi connectivity index (χ4v) is 4.50. The molecule has 7 nitrogen and oxygen atoms in total. The van der Waals surface area contributed by atoms with Crippen LogP contribution in [0.3, 0.4) is 0 Å². The predicted octanol–water partition coefficient (Wildman–Crippen LogP) is 5.66. The first-order valence-electron chi connectivity index (χ1n) is 11.4. The van der Waals surface area contributed by atoms with Crippen LogP contribution in [-0.2, 0) is 16.6 Å². The van der Waals surface area contributed by atoms with Crippen LogP contribution in [0.1, 0.15) is 22.6 Å². The van der Waals surface area contributed by atoms with Crippen molar-refractivity contribution >= 4 is 23.7 Å². The number of halogens is 1. The van der Waals surface area contributed by atoms with Crippen LogP contribution < -0.4 is 5.32 Å². The Hall–Kier alpha value is -4.10. The van der Waals surface area contributed by atoms with E-state index in [-0.39, 0.29) is 12.5 Å². The molecule has 0 radical (unpaired) electrons. The number of carboxylic acids is 1. The number of alkyl carbamates (subject to hydrolysis) is 1. The minimum absolute atomic E-state index is 0.0250. The van der Waals surface area contributed by atoms with Gasteiger partial charge in [-0.1, -0.05) is 66.2 Å². The summed E-state index contributed by atoms with van der Waals surface area (Å²) in [6.07, 6.45) is 1.22. The largest absolute Gasteiger partial charge is 0.480 e. The maximum atomic E-state index is 11.5. The van der Waals surface area contributed by atoms with Crippen molar-refractivity contribution in [1.29, 1.82) is 0 Å². The molecule has 8 heteroatoms. The van der Waals surface area contributed by atoms with Crippen LogP contribution in [0, 0.1) is 6.92 Å². The minimum atomic E-state index is -1.10. The summed E-state index contributed by atoms with van der Waals surface area (Å²) in [4.78, 5) is 22.0. The number of aromatic nitrogens is 2. The fraction of sp³-hybridized carbons (Fsp3) is 0.179. The van der Waals surface area contributed by atoms with E-state index in [9.17, 15) is 9.59 Å². The number of aryl methyl sites for hydroxylation is 2. The summed E-state index contributed by atoms with van der Waals surface area (Å²) < 4.78 is 6.97. The SMILES string of the molecule is Cc1cc(Cl)ccc1-c1ccn(C)n1.O=C(O)CNC(=O)OCC1c2ccccc2-c2ccccc21. The number of amides is 1. The summed E-state index contributed by atoms with van der Waals surface area (Å²) in [6.45, 7) is 1.77. The van der Waals surface area contributed by atoms with E-state index in [0.717, 1.165) is 44.1 Å². The van der Waals surface area contributed by atoms with Gasteiger partial charge in [-0.05, 0) is 52.9 Å². The number of nitrogens with zero attached hydrogens (tertiary/aromatic N) is 2. The number of hydrogen-bond acceptors (Lipinski definition) is 4. The highest BCUT2D eigenvalue weighted by molar-refractivity contribution is 6.30. The van der Waals surface area contributed by atoms with E-state index in [2.05, 4.69) is 22.5 Å². The molecule has 0 unspecified atom stereocenters. The number of carbonyl (C=O) groups is 2. The Labute approximate surface area is 214 Å². The van der Waals surface area contributed by atoms with Gasteiger partial charge in [0.1, 0.15) is 13.2 Å². The second kappa shape index (κ2) is 11.1. The van der Waals surface area contributed by atoms with Crippen molar-refractivity contribution in [1.82, 2.24) is 15.1 Å². The molecule has 0 fully saturated rings. The molecule has 0 bridgehead atoms. The van der Waals surface area contributed by atoms with Crippen molar-refractivity contribution < 1.29 is 19.4 Å². The number of rotatable bonds is 5. The van der Waals surface area contributed by atoms with Crippen molar-refractivity contribution in [2.75, 3.05) is 13.2 Å². The topological polar surface area (TPSA) is 93.5 Å². The van der Waals surface area contributed by atoms with Crippen molar-refractivity contribution in [2.24, 2.45) is 7.05 Å². The molecule has 1 aromatic heterocycles. The summed E-state index contributed by atoms with van der Waals surface area (Å²) in [6, 6.07) is 23.9. The number of carbonyl (C=O) groups excluding carboxylic acids is 1. The third-order valence-electron chi connectivity index (χ3n) is 5.91. The Morgan fingerprint density at radius 1 is 1.00 bits per heavy atom. The van der Waals surface area contributed by atoms with Crippen LogP contribution in [0.5, 0.6) is 0 Å². The van der Waals surface area contributed by atoms with Gasteiger partial charge in [-0.15, -0.1) is 0 Å². The Kier molecular flexibility index (Phi) is 7.71. The van der Waals surface area contributed by atoms with Gasteiger partial charge in [0.25, 0.3) is 0 Å². The zero-order valence-electron chi connectivity index (χ0n) is 19.9. The highest BCUT2D eigenvalue weighted by atomic mass is 35.5. The first kappa shape index (κ1) is 25.0. The number of aliphatic carboxylic acids is 1. The van der Waals surface area contributed by atoms with Gasteiger partial charge in [0, 0.05) is 29.7 Å². The van der Waals surface area contributed by atoms with Crippen molar-refractivity contribution in [3.8, 4) is 22.4 Å². The average molecular weight is 504 g/mol. The quantitative estimate of drug-likeness (QED) is 0.366. The molecule has 1 aliphatic carbocycles. The van der Waals surface area contributed by atoms with Gasteiger partial charge in [-0.3, -0.25) is 9.48 Å². The molecule has 1 heterocycles. The molecule has 1 amide bonds. The standard InChI is InChI=1S/C17H15NO4.C11H11ClN2/c19-16(20)9-18-17(21)22-10-15-13-7-3-1-5-11(13)12-6-2-4-8-14(12)15;1-8-7-9(12)3-4-10(8)11-5-6-14(2)13-11/h1-8,15H,9-10H2,(H,18,21)(H,19,20);3-7H,1-2H3. The lowest BCUT2D eigenvalue weighted by Crippen LogP contribution is -2.30. The molecule has 0 spiro atoms. The Bertz CT molecular complexity index is 1350. The number of hydrogen-bond donors (Lipinski definition) is 2. The van der Waals surface area contributed by atoms with Crippen LogP contribution >= 0.6 is 11.6 Å². The van der Waals surface area contributed by atoms with Crippen molar-refractivity contribution in [3.63, 3.8) is 0 Å². The third kappa shape index (κ3) is 5.75. The molecule has 1 aliphatic rings. The van der Waals surface area contributed by atoms with Gasteiger partial charge in [-0.25, -0.2) is 4.79 Å². The average Bonchev–Trinajstić information content (AvgIpc) is 3.43. The van der Waals surface area contributed by atoms with Gasteiger partial charge in [-0.2, -0.15) is 5.10 Å². The third-order valence-corrected chi connectivity index (χ3v) is 6.14. The maximum Gasteiger partial charge on any atom is 0.407 e.